The lowest BCUT2D eigenvalue weighted by atomic mass is 9.92. The Hall–Kier alpha value is -1.37. The number of rotatable bonds is 1. The Bertz CT molecular complexity index is 453. The van der Waals surface area contributed by atoms with Gasteiger partial charge in [0.15, 0.2) is 5.78 Å². The summed E-state index contributed by atoms with van der Waals surface area (Å²) in [6.07, 6.45) is 5.55. The minimum absolute atomic E-state index is 0.349. The molecule has 0 N–H and O–H groups in total. The van der Waals surface area contributed by atoms with E-state index in [2.05, 4.69) is 37.3 Å². The maximum absolute atomic E-state index is 12.0. The van der Waals surface area contributed by atoms with Gasteiger partial charge in [0.25, 0.3) is 0 Å². The van der Waals surface area contributed by atoms with E-state index >= 15 is 0 Å². The van der Waals surface area contributed by atoms with E-state index < -0.39 is 0 Å². The molecule has 82 valence electrons. The molecule has 0 aromatic heterocycles. The van der Waals surface area contributed by atoms with Crippen LogP contribution in [0.4, 0.5) is 0 Å². The van der Waals surface area contributed by atoms with E-state index in [1.165, 1.54) is 17.5 Å². The molecule has 0 spiro atoms. The lowest BCUT2D eigenvalue weighted by molar-refractivity contribution is -0.118. The number of carbonyl (C=O) groups excluding carboxylic acids is 1. The molecule has 0 radical (unpaired) electrons. The molecule has 2 aliphatic rings. The highest BCUT2D eigenvalue weighted by molar-refractivity contribution is 6.04. The van der Waals surface area contributed by atoms with Crippen molar-refractivity contribution in [3.8, 4) is 0 Å². The summed E-state index contributed by atoms with van der Waals surface area (Å²) >= 11 is 0. The van der Waals surface area contributed by atoms with E-state index in [0.717, 1.165) is 18.4 Å². The maximum Gasteiger partial charge on any atom is 0.162 e. The first kappa shape index (κ1) is 9.83. The van der Waals surface area contributed by atoms with Gasteiger partial charge in [0.2, 0.25) is 0 Å². The molecule has 3 rings (SSSR count). The van der Waals surface area contributed by atoms with Crippen LogP contribution in [0.3, 0.4) is 0 Å². The van der Waals surface area contributed by atoms with Gasteiger partial charge in [-0.1, -0.05) is 29.8 Å². The summed E-state index contributed by atoms with van der Waals surface area (Å²) in [6, 6.07) is 8.40. The van der Waals surface area contributed by atoms with Gasteiger partial charge in [0.05, 0.1) is 0 Å². The van der Waals surface area contributed by atoms with Crippen molar-refractivity contribution in [2.45, 2.75) is 26.2 Å². The Morgan fingerprint density at radius 3 is 2.44 bits per heavy atom. The molecule has 1 heteroatoms. The summed E-state index contributed by atoms with van der Waals surface area (Å²) in [4.78, 5) is 12.0. The lowest BCUT2D eigenvalue weighted by Gasteiger charge is -2.11. The van der Waals surface area contributed by atoms with E-state index in [-0.39, 0.29) is 0 Å². The number of benzene rings is 1. The third kappa shape index (κ3) is 1.51. The number of Topliss-reactive ketones (excluding diaryl/α,β-unsaturated/α-hetero) is 1. The van der Waals surface area contributed by atoms with Gasteiger partial charge in [-0.25, -0.2) is 0 Å². The van der Waals surface area contributed by atoms with Crippen LogP contribution in [0.15, 0.2) is 29.8 Å². The molecular formula is C15H16O. The Morgan fingerprint density at radius 2 is 1.81 bits per heavy atom. The number of ketones is 1. The summed E-state index contributed by atoms with van der Waals surface area (Å²) in [5.74, 6) is 1.32. The van der Waals surface area contributed by atoms with Crippen LogP contribution >= 0.6 is 0 Å². The van der Waals surface area contributed by atoms with Gasteiger partial charge in [0.1, 0.15) is 0 Å². The van der Waals surface area contributed by atoms with Gasteiger partial charge >= 0.3 is 0 Å². The van der Waals surface area contributed by atoms with E-state index in [0.29, 0.717) is 17.6 Å². The van der Waals surface area contributed by atoms with Gasteiger partial charge in [-0.05, 0) is 49.3 Å². The summed E-state index contributed by atoms with van der Waals surface area (Å²) < 4.78 is 0. The Labute approximate surface area is 96.2 Å². The predicted octanol–water partition coefficient (Wildman–Crippen LogP) is 3.38. The van der Waals surface area contributed by atoms with E-state index in [1.807, 2.05) is 0 Å². The number of hydrogen-bond donors (Lipinski definition) is 0. The molecule has 2 fully saturated rings. The number of allylic oxidation sites excluding steroid dienone is 1. The second-order valence-electron chi connectivity index (χ2n) is 5.08. The first-order valence-electron chi connectivity index (χ1n) is 6.06. The quantitative estimate of drug-likeness (QED) is 0.652. The first-order chi connectivity index (χ1) is 7.74. The molecule has 0 amide bonds. The smallest absolute Gasteiger partial charge is 0.162 e. The van der Waals surface area contributed by atoms with Gasteiger partial charge < -0.3 is 0 Å². The molecule has 1 aromatic carbocycles. The van der Waals surface area contributed by atoms with Gasteiger partial charge in [0, 0.05) is 5.92 Å². The van der Waals surface area contributed by atoms with Gasteiger partial charge in [-0.2, -0.15) is 0 Å². The van der Waals surface area contributed by atoms with Crippen LogP contribution in [0, 0.1) is 18.8 Å². The average molecular weight is 212 g/mol. The molecule has 2 bridgehead atoms. The fourth-order valence-corrected chi connectivity index (χ4v) is 2.97. The molecular weight excluding hydrogens is 196 g/mol. The Kier molecular flexibility index (Phi) is 2.20. The highest BCUT2D eigenvalue weighted by Crippen LogP contribution is 2.46. The zero-order valence-electron chi connectivity index (χ0n) is 9.57. The van der Waals surface area contributed by atoms with Crippen molar-refractivity contribution in [3.63, 3.8) is 0 Å². The molecule has 2 saturated carbocycles. The fraction of sp³-hybridized carbons (Fsp3) is 0.400. The van der Waals surface area contributed by atoms with Crippen LogP contribution in [-0.4, -0.2) is 5.78 Å². The molecule has 0 aliphatic heterocycles. The van der Waals surface area contributed by atoms with Crippen molar-refractivity contribution in [1.29, 1.82) is 0 Å². The predicted molar refractivity (Wildman–Crippen MR) is 65.0 cm³/mol. The summed E-state index contributed by atoms with van der Waals surface area (Å²) in [5, 5.41) is 0. The van der Waals surface area contributed by atoms with E-state index in [9.17, 15) is 4.79 Å². The number of carbonyl (C=O) groups is 1. The number of aryl methyl sites for hydroxylation is 1. The normalized spacial score (nSPS) is 30.3. The summed E-state index contributed by atoms with van der Waals surface area (Å²) in [6.45, 7) is 2.08. The molecule has 2 atom stereocenters. The van der Waals surface area contributed by atoms with Crippen LogP contribution in [0.5, 0.6) is 0 Å². The van der Waals surface area contributed by atoms with Crippen molar-refractivity contribution in [1.82, 2.24) is 0 Å². The van der Waals surface area contributed by atoms with Crippen LogP contribution < -0.4 is 0 Å². The number of hydrogen-bond acceptors (Lipinski definition) is 1. The van der Waals surface area contributed by atoms with Crippen molar-refractivity contribution >= 4 is 11.9 Å². The van der Waals surface area contributed by atoms with Crippen LogP contribution in [0.2, 0.25) is 0 Å². The molecule has 1 nitrogen and oxygen atoms in total. The average Bonchev–Trinajstić information content (AvgIpc) is 2.85. The molecule has 16 heavy (non-hydrogen) atoms. The molecule has 0 heterocycles. The lowest BCUT2D eigenvalue weighted by Crippen LogP contribution is -2.11. The molecule has 2 aliphatic carbocycles. The Balaban J connectivity index is 1.93. The third-order valence-corrected chi connectivity index (χ3v) is 3.93. The first-order valence-corrected chi connectivity index (χ1v) is 6.06. The van der Waals surface area contributed by atoms with Crippen LogP contribution in [-0.2, 0) is 4.79 Å². The molecule has 2 unspecified atom stereocenters. The second kappa shape index (κ2) is 3.58. The van der Waals surface area contributed by atoms with Crippen molar-refractivity contribution < 1.29 is 4.79 Å². The Morgan fingerprint density at radius 1 is 1.12 bits per heavy atom. The standard InChI is InChI=1S/C15H16O/c1-10-2-4-11(5-3-10)8-14-12-6-7-13(9-12)15(14)16/h2-5,8,12-13H,6-7,9H2,1H3. The second-order valence-corrected chi connectivity index (χ2v) is 5.08. The largest absolute Gasteiger partial charge is 0.294 e. The topological polar surface area (TPSA) is 17.1 Å². The number of fused-ring (bicyclic) bond motifs is 2. The highest BCUT2D eigenvalue weighted by atomic mass is 16.1. The zero-order valence-corrected chi connectivity index (χ0v) is 9.57. The minimum atomic E-state index is 0.349. The summed E-state index contributed by atoms with van der Waals surface area (Å²) in [5.41, 5.74) is 3.52. The SMILES string of the molecule is Cc1ccc(C=C2C(=O)C3CCC2C3)cc1. The maximum atomic E-state index is 12.0. The highest BCUT2D eigenvalue weighted by Gasteiger charge is 2.42. The fourth-order valence-electron chi connectivity index (χ4n) is 2.97. The van der Waals surface area contributed by atoms with Crippen molar-refractivity contribution in [3.05, 3.63) is 41.0 Å². The minimum Gasteiger partial charge on any atom is -0.294 e. The van der Waals surface area contributed by atoms with Gasteiger partial charge in [-0.15, -0.1) is 0 Å². The van der Waals surface area contributed by atoms with Crippen molar-refractivity contribution in [2.75, 3.05) is 0 Å². The van der Waals surface area contributed by atoms with Crippen LogP contribution in [0.25, 0.3) is 6.08 Å². The van der Waals surface area contributed by atoms with Crippen LogP contribution in [0.1, 0.15) is 30.4 Å². The monoisotopic (exact) mass is 212 g/mol. The zero-order chi connectivity index (χ0) is 11.1. The van der Waals surface area contributed by atoms with Gasteiger partial charge in [-0.3, -0.25) is 4.79 Å². The molecule has 0 saturated heterocycles. The summed E-state index contributed by atoms with van der Waals surface area (Å²) in [7, 11) is 0. The third-order valence-electron chi connectivity index (χ3n) is 3.93. The molecule has 1 aromatic rings. The van der Waals surface area contributed by atoms with E-state index in [4.69, 9.17) is 0 Å². The van der Waals surface area contributed by atoms with E-state index in [1.54, 1.807) is 0 Å². The van der Waals surface area contributed by atoms with Crippen molar-refractivity contribution in [2.24, 2.45) is 11.8 Å².